The van der Waals surface area contributed by atoms with Gasteiger partial charge in [0, 0.05) is 4.90 Å². The zero-order valence-electron chi connectivity index (χ0n) is 10.0. The first-order valence-electron chi connectivity index (χ1n) is 5.64. The van der Waals surface area contributed by atoms with Gasteiger partial charge in [0.15, 0.2) is 5.78 Å². The van der Waals surface area contributed by atoms with Gasteiger partial charge in [0.1, 0.15) is 5.82 Å². The van der Waals surface area contributed by atoms with Crippen molar-refractivity contribution in [1.82, 2.24) is 0 Å². The van der Waals surface area contributed by atoms with Gasteiger partial charge >= 0.3 is 0 Å². The Kier molecular flexibility index (Phi) is 4.15. The highest BCUT2D eigenvalue weighted by atomic mass is 32.2. The van der Waals surface area contributed by atoms with Crippen LogP contribution in [0, 0.1) is 12.7 Å². The maximum Gasteiger partial charge on any atom is 0.176 e. The Morgan fingerprint density at radius 1 is 1.11 bits per heavy atom. The Morgan fingerprint density at radius 2 is 1.78 bits per heavy atom. The Labute approximate surface area is 110 Å². The van der Waals surface area contributed by atoms with E-state index in [0.29, 0.717) is 0 Å². The number of rotatable bonds is 4. The van der Waals surface area contributed by atoms with Crippen LogP contribution in [0.5, 0.6) is 0 Å². The van der Waals surface area contributed by atoms with Gasteiger partial charge in [-0.1, -0.05) is 30.3 Å². The van der Waals surface area contributed by atoms with Gasteiger partial charge in [-0.15, -0.1) is 11.8 Å². The van der Waals surface area contributed by atoms with E-state index in [1.165, 1.54) is 23.9 Å². The Hall–Kier alpha value is -1.61. The molecule has 3 heteroatoms. The van der Waals surface area contributed by atoms with E-state index in [-0.39, 0.29) is 17.1 Å². The molecule has 0 fully saturated rings. The molecule has 92 valence electrons. The second kappa shape index (κ2) is 5.83. The smallest absolute Gasteiger partial charge is 0.176 e. The molecule has 0 saturated carbocycles. The van der Waals surface area contributed by atoms with Crippen molar-refractivity contribution in [3.8, 4) is 0 Å². The molecular formula is C15H13FOS. The van der Waals surface area contributed by atoms with Crippen LogP contribution >= 0.6 is 11.8 Å². The average Bonchev–Trinajstić information content (AvgIpc) is 2.38. The molecule has 0 bridgehead atoms. The molecule has 0 atom stereocenters. The zero-order chi connectivity index (χ0) is 13.0. The molecule has 0 N–H and O–H groups in total. The highest BCUT2D eigenvalue weighted by Crippen LogP contribution is 2.23. The summed E-state index contributed by atoms with van der Waals surface area (Å²) >= 11 is 1.44. The molecule has 0 spiro atoms. The summed E-state index contributed by atoms with van der Waals surface area (Å²) in [5.74, 6) is -0.375. The summed E-state index contributed by atoms with van der Waals surface area (Å²) in [6.45, 7) is 2.00. The third kappa shape index (κ3) is 2.99. The number of thioether (sulfide) groups is 1. The van der Waals surface area contributed by atoms with Crippen LogP contribution < -0.4 is 0 Å². The Balaban J connectivity index is 2.06. The molecule has 0 aliphatic carbocycles. The monoisotopic (exact) mass is 260 g/mol. The number of halogens is 1. The lowest BCUT2D eigenvalue weighted by atomic mass is 10.1. The first-order chi connectivity index (χ1) is 8.68. The van der Waals surface area contributed by atoms with E-state index >= 15 is 0 Å². The molecule has 0 heterocycles. The largest absolute Gasteiger partial charge is 0.293 e. The SMILES string of the molecule is Cc1ccccc1SCC(=O)c1ccccc1F. The molecule has 2 rings (SSSR count). The molecule has 2 aromatic rings. The van der Waals surface area contributed by atoms with E-state index in [0.717, 1.165) is 10.5 Å². The molecule has 0 aromatic heterocycles. The zero-order valence-corrected chi connectivity index (χ0v) is 10.8. The summed E-state index contributed by atoms with van der Waals surface area (Å²) in [6.07, 6.45) is 0. The van der Waals surface area contributed by atoms with Crippen molar-refractivity contribution in [2.24, 2.45) is 0 Å². The minimum atomic E-state index is -0.451. The number of ketones is 1. The van der Waals surface area contributed by atoms with E-state index in [1.807, 2.05) is 31.2 Å². The summed E-state index contributed by atoms with van der Waals surface area (Å²) < 4.78 is 13.4. The highest BCUT2D eigenvalue weighted by Gasteiger charge is 2.11. The van der Waals surface area contributed by atoms with E-state index < -0.39 is 5.82 Å². The maximum absolute atomic E-state index is 13.4. The molecular weight excluding hydrogens is 247 g/mol. The van der Waals surface area contributed by atoms with Crippen molar-refractivity contribution in [2.75, 3.05) is 5.75 Å². The number of aryl methyl sites for hydroxylation is 1. The predicted molar refractivity (Wildman–Crippen MR) is 72.6 cm³/mol. The first kappa shape index (κ1) is 12.8. The van der Waals surface area contributed by atoms with Crippen molar-refractivity contribution in [3.63, 3.8) is 0 Å². The molecule has 0 radical (unpaired) electrons. The molecule has 0 aliphatic rings. The predicted octanol–water partition coefficient (Wildman–Crippen LogP) is 4.11. The molecule has 0 saturated heterocycles. The van der Waals surface area contributed by atoms with Crippen molar-refractivity contribution in [1.29, 1.82) is 0 Å². The van der Waals surface area contributed by atoms with Crippen LogP contribution in [-0.4, -0.2) is 11.5 Å². The van der Waals surface area contributed by atoms with Gasteiger partial charge in [-0.2, -0.15) is 0 Å². The van der Waals surface area contributed by atoms with Crippen molar-refractivity contribution in [3.05, 3.63) is 65.5 Å². The molecule has 18 heavy (non-hydrogen) atoms. The van der Waals surface area contributed by atoms with Crippen LogP contribution in [0.2, 0.25) is 0 Å². The number of hydrogen-bond donors (Lipinski definition) is 0. The lowest BCUT2D eigenvalue weighted by Gasteiger charge is -2.05. The summed E-state index contributed by atoms with van der Waals surface area (Å²) in [6, 6.07) is 13.9. The van der Waals surface area contributed by atoms with Crippen LogP contribution in [0.15, 0.2) is 53.4 Å². The lowest BCUT2D eigenvalue weighted by molar-refractivity contribution is 0.101. The lowest BCUT2D eigenvalue weighted by Crippen LogP contribution is -2.05. The van der Waals surface area contributed by atoms with Crippen LogP contribution in [0.4, 0.5) is 4.39 Å². The van der Waals surface area contributed by atoms with Gasteiger partial charge in [0.2, 0.25) is 0 Å². The van der Waals surface area contributed by atoms with Crippen LogP contribution in [0.1, 0.15) is 15.9 Å². The maximum atomic E-state index is 13.4. The van der Waals surface area contributed by atoms with Gasteiger partial charge in [0.05, 0.1) is 11.3 Å². The fourth-order valence-electron chi connectivity index (χ4n) is 1.63. The average molecular weight is 260 g/mol. The second-order valence-electron chi connectivity index (χ2n) is 3.96. The van der Waals surface area contributed by atoms with Gasteiger partial charge in [-0.25, -0.2) is 4.39 Å². The second-order valence-corrected chi connectivity index (χ2v) is 4.97. The van der Waals surface area contributed by atoms with E-state index in [9.17, 15) is 9.18 Å². The topological polar surface area (TPSA) is 17.1 Å². The fourth-order valence-corrected chi connectivity index (χ4v) is 2.54. The Bertz CT molecular complexity index is 566. The van der Waals surface area contributed by atoms with E-state index in [2.05, 4.69) is 0 Å². The standard InChI is InChI=1S/C15H13FOS/c1-11-6-2-5-9-15(11)18-10-14(17)12-7-3-4-8-13(12)16/h2-9H,10H2,1H3. The molecule has 0 unspecified atom stereocenters. The number of carbonyl (C=O) groups excluding carboxylic acids is 1. The third-order valence-electron chi connectivity index (χ3n) is 2.63. The normalized spacial score (nSPS) is 10.3. The summed E-state index contributed by atoms with van der Waals surface area (Å²) in [4.78, 5) is 12.9. The van der Waals surface area contributed by atoms with Gasteiger partial charge in [-0.05, 0) is 30.7 Å². The van der Waals surface area contributed by atoms with E-state index in [4.69, 9.17) is 0 Å². The van der Waals surface area contributed by atoms with Crippen molar-refractivity contribution < 1.29 is 9.18 Å². The quantitative estimate of drug-likeness (QED) is 0.608. The first-order valence-corrected chi connectivity index (χ1v) is 6.63. The van der Waals surface area contributed by atoms with E-state index in [1.54, 1.807) is 12.1 Å². The van der Waals surface area contributed by atoms with Crippen LogP contribution in [0.3, 0.4) is 0 Å². The number of carbonyl (C=O) groups is 1. The van der Waals surface area contributed by atoms with Crippen LogP contribution in [0.25, 0.3) is 0 Å². The van der Waals surface area contributed by atoms with Gasteiger partial charge in [-0.3, -0.25) is 4.79 Å². The van der Waals surface area contributed by atoms with Gasteiger partial charge < -0.3 is 0 Å². The highest BCUT2D eigenvalue weighted by molar-refractivity contribution is 8.00. The number of Topliss-reactive ketones (excluding diaryl/α,β-unsaturated/α-hetero) is 1. The Morgan fingerprint density at radius 3 is 2.50 bits per heavy atom. The summed E-state index contributed by atoms with van der Waals surface area (Å²) in [7, 11) is 0. The number of hydrogen-bond acceptors (Lipinski definition) is 2. The van der Waals surface area contributed by atoms with Crippen LogP contribution in [-0.2, 0) is 0 Å². The molecule has 0 aliphatic heterocycles. The number of benzene rings is 2. The van der Waals surface area contributed by atoms with Crippen molar-refractivity contribution >= 4 is 17.5 Å². The molecule has 1 nitrogen and oxygen atoms in total. The minimum absolute atomic E-state index is 0.165. The summed E-state index contributed by atoms with van der Waals surface area (Å²) in [5.41, 5.74) is 1.29. The molecule has 0 amide bonds. The fraction of sp³-hybridized carbons (Fsp3) is 0.133. The molecule has 2 aromatic carbocycles. The van der Waals surface area contributed by atoms with Gasteiger partial charge in [0.25, 0.3) is 0 Å². The summed E-state index contributed by atoms with van der Waals surface area (Å²) in [5, 5.41) is 0. The minimum Gasteiger partial charge on any atom is -0.293 e. The third-order valence-corrected chi connectivity index (χ3v) is 3.80. The van der Waals surface area contributed by atoms with Crippen molar-refractivity contribution in [2.45, 2.75) is 11.8 Å².